The van der Waals surface area contributed by atoms with E-state index >= 15 is 0 Å². The molecule has 0 aliphatic carbocycles. The lowest BCUT2D eigenvalue weighted by atomic mass is 10.1. The Kier molecular flexibility index (Phi) is 4.92. The molecule has 0 saturated carbocycles. The molecular formula is C20H17ClN4OS. The van der Waals surface area contributed by atoms with Crippen LogP contribution in [0.3, 0.4) is 0 Å². The number of nitrogens with zero attached hydrogens (tertiary/aromatic N) is 3. The smallest absolute Gasteiger partial charge is 0.269 e. The van der Waals surface area contributed by atoms with Gasteiger partial charge >= 0.3 is 0 Å². The molecule has 0 aliphatic heterocycles. The molecule has 5 nitrogen and oxygen atoms in total. The summed E-state index contributed by atoms with van der Waals surface area (Å²) in [7, 11) is 0. The van der Waals surface area contributed by atoms with Crippen LogP contribution >= 0.6 is 22.9 Å². The topological polar surface area (TPSA) is 59.3 Å². The van der Waals surface area contributed by atoms with E-state index in [9.17, 15) is 4.79 Å². The summed E-state index contributed by atoms with van der Waals surface area (Å²) in [6.45, 7) is 1.99. The van der Waals surface area contributed by atoms with Crippen LogP contribution in [0.25, 0.3) is 16.2 Å². The zero-order valence-electron chi connectivity index (χ0n) is 14.6. The third kappa shape index (κ3) is 3.86. The van der Waals surface area contributed by atoms with Crippen molar-refractivity contribution in [1.29, 1.82) is 0 Å². The molecule has 0 spiro atoms. The Bertz CT molecular complexity index is 1090. The molecule has 1 N–H and O–H groups in total. The molecule has 1 aromatic carbocycles. The number of pyridine rings is 1. The maximum Gasteiger partial charge on any atom is 0.269 e. The molecule has 27 heavy (non-hydrogen) atoms. The summed E-state index contributed by atoms with van der Waals surface area (Å²) in [5.41, 5.74) is 3.44. The van der Waals surface area contributed by atoms with E-state index in [0.717, 1.165) is 28.2 Å². The van der Waals surface area contributed by atoms with Gasteiger partial charge in [-0.2, -0.15) is 0 Å². The highest BCUT2D eigenvalue weighted by Gasteiger charge is 2.17. The second-order valence-electron chi connectivity index (χ2n) is 6.34. The first-order valence-corrected chi connectivity index (χ1v) is 9.78. The van der Waals surface area contributed by atoms with Crippen LogP contribution in [0.1, 0.15) is 23.0 Å². The molecule has 3 heterocycles. The van der Waals surface area contributed by atoms with Gasteiger partial charge in [0, 0.05) is 40.6 Å². The lowest BCUT2D eigenvalue weighted by Gasteiger charge is -2.13. The Morgan fingerprint density at radius 3 is 2.89 bits per heavy atom. The highest BCUT2D eigenvalue weighted by Crippen LogP contribution is 2.25. The fourth-order valence-electron chi connectivity index (χ4n) is 2.96. The van der Waals surface area contributed by atoms with E-state index in [4.69, 9.17) is 11.6 Å². The van der Waals surface area contributed by atoms with Crippen molar-refractivity contribution in [3.63, 3.8) is 0 Å². The number of hydrogen-bond acceptors (Lipinski definition) is 4. The standard InChI is InChI=1S/C20H17ClN4OS/c1-13(9-14-5-7-22-8-6-14)23-19(26)18-12-27-20-24-17(11-25(18)20)15-3-2-4-16(21)10-15/h2-8,10-13H,9H2,1H3,(H,23,26)/t13-/m1/s1. The summed E-state index contributed by atoms with van der Waals surface area (Å²) in [6, 6.07) is 11.5. The third-order valence-corrected chi connectivity index (χ3v) is 5.31. The van der Waals surface area contributed by atoms with Crippen molar-refractivity contribution >= 4 is 33.8 Å². The molecule has 1 atom stereocenters. The minimum Gasteiger partial charge on any atom is -0.348 e. The monoisotopic (exact) mass is 396 g/mol. The highest BCUT2D eigenvalue weighted by atomic mass is 35.5. The number of thiazole rings is 1. The number of amides is 1. The van der Waals surface area contributed by atoms with Crippen molar-refractivity contribution in [3.8, 4) is 11.3 Å². The molecule has 0 radical (unpaired) electrons. The second-order valence-corrected chi connectivity index (χ2v) is 7.62. The van der Waals surface area contributed by atoms with Crippen LogP contribution in [0.5, 0.6) is 0 Å². The van der Waals surface area contributed by atoms with E-state index in [1.54, 1.807) is 12.4 Å². The fraction of sp³-hybridized carbons (Fsp3) is 0.150. The zero-order chi connectivity index (χ0) is 18.8. The number of rotatable bonds is 5. The van der Waals surface area contributed by atoms with Gasteiger partial charge in [-0.05, 0) is 43.2 Å². The van der Waals surface area contributed by atoms with Gasteiger partial charge in [0.25, 0.3) is 5.91 Å². The van der Waals surface area contributed by atoms with Gasteiger partial charge in [-0.3, -0.25) is 14.2 Å². The van der Waals surface area contributed by atoms with Crippen LogP contribution in [0.4, 0.5) is 0 Å². The Morgan fingerprint density at radius 2 is 2.11 bits per heavy atom. The SMILES string of the molecule is C[C@H](Cc1ccncc1)NC(=O)c1csc2nc(-c3cccc(Cl)c3)cn12. The Balaban J connectivity index is 1.54. The molecule has 136 valence electrons. The minimum absolute atomic E-state index is 0.00534. The second kappa shape index (κ2) is 7.50. The summed E-state index contributed by atoms with van der Waals surface area (Å²) in [5.74, 6) is -0.113. The predicted molar refractivity (Wildman–Crippen MR) is 108 cm³/mol. The summed E-state index contributed by atoms with van der Waals surface area (Å²) in [4.78, 5) is 22.1. The van der Waals surface area contributed by atoms with Gasteiger partial charge in [0.15, 0.2) is 4.96 Å². The summed E-state index contributed by atoms with van der Waals surface area (Å²) in [6.07, 6.45) is 6.14. The summed E-state index contributed by atoms with van der Waals surface area (Å²) < 4.78 is 1.83. The molecule has 4 aromatic rings. The number of aromatic nitrogens is 3. The molecule has 1 amide bonds. The summed E-state index contributed by atoms with van der Waals surface area (Å²) >= 11 is 7.52. The number of halogens is 1. The normalized spacial score (nSPS) is 12.2. The van der Waals surface area contributed by atoms with Crippen molar-refractivity contribution in [2.75, 3.05) is 0 Å². The van der Waals surface area contributed by atoms with Gasteiger partial charge in [0.05, 0.1) is 5.69 Å². The van der Waals surface area contributed by atoms with Crippen molar-refractivity contribution in [2.45, 2.75) is 19.4 Å². The Hall–Kier alpha value is -2.70. The number of benzene rings is 1. The van der Waals surface area contributed by atoms with Crippen LogP contribution in [0, 0.1) is 0 Å². The van der Waals surface area contributed by atoms with Crippen LogP contribution in [0.15, 0.2) is 60.4 Å². The maximum atomic E-state index is 12.7. The number of imidazole rings is 1. The highest BCUT2D eigenvalue weighted by molar-refractivity contribution is 7.15. The predicted octanol–water partition coefficient (Wildman–Crippen LogP) is 4.47. The van der Waals surface area contributed by atoms with E-state index in [0.29, 0.717) is 10.7 Å². The van der Waals surface area contributed by atoms with Crippen LogP contribution in [0.2, 0.25) is 5.02 Å². The molecule has 0 saturated heterocycles. The van der Waals surface area contributed by atoms with Crippen LogP contribution < -0.4 is 5.32 Å². The molecule has 0 fully saturated rings. The average Bonchev–Trinajstić information content (AvgIpc) is 3.23. The first kappa shape index (κ1) is 17.7. The molecule has 7 heteroatoms. The van der Waals surface area contributed by atoms with Gasteiger partial charge in [-0.15, -0.1) is 11.3 Å². The maximum absolute atomic E-state index is 12.7. The lowest BCUT2D eigenvalue weighted by Crippen LogP contribution is -2.34. The molecule has 0 unspecified atom stereocenters. The van der Waals surface area contributed by atoms with Crippen molar-refractivity contribution in [2.24, 2.45) is 0 Å². The van der Waals surface area contributed by atoms with E-state index in [2.05, 4.69) is 15.3 Å². The third-order valence-electron chi connectivity index (χ3n) is 4.23. The van der Waals surface area contributed by atoms with Gasteiger partial charge in [-0.25, -0.2) is 4.98 Å². The molecule has 4 rings (SSSR count). The Labute approximate surface area is 165 Å². The first-order chi connectivity index (χ1) is 13.1. The number of fused-ring (bicyclic) bond motifs is 1. The zero-order valence-corrected chi connectivity index (χ0v) is 16.2. The number of hydrogen-bond donors (Lipinski definition) is 1. The fourth-order valence-corrected chi connectivity index (χ4v) is 4.00. The van der Waals surface area contributed by atoms with E-state index in [-0.39, 0.29) is 11.9 Å². The van der Waals surface area contributed by atoms with Crippen molar-refractivity contribution < 1.29 is 4.79 Å². The van der Waals surface area contributed by atoms with Gasteiger partial charge in [0.1, 0.15) is 5.69 Å². The van der Waals surface area contributed by atoms with Crippen LogP contribution in [-0.4, -0.2) is 26.3 Å². The van der Waals surface area contributed by atoms with Gasteiger partial charge < -0.3 is 5.32 Å². The molecule has 3 aromatic heterocycles. The minimum atomic E-state index is -0.113. The van der Waals surface area contributed by atoms with E-state index < -0.39 is 0 Å². The van der Waals surface area contributed by atoms with Crippen LogP contribution in [-0.2, 0) is 6.42 Å². The van der Waals surface area contributed by atoms with Crippen molar-refractivity contribution in [1.82, 2.24) is 19.7 Å². The average molecular weight is 397 g/mol. The van der Waals surface area contributed by atoms with E-state index in [1.807, 2.05) is 59.3 Å². The Morgan fingerprint density at radius 1 is 1.30 bits per heavy atom. The first-order valence-electron chi connectivity index (χ1n) is 8.52. The molecule has 0 aliphatic rings. The molecule has 0 bridgehead atoms. The van der Waals surface area contributed by atoms with Gasteiger partial charge in [0.2, 0.25) is 0 Å². The quantitative estimate of drug-likeness (QED) is 0.541. The van der Waals surface area contributed by atoms with Gasteiger partial charge in [-0.1, -0.05) is 23.7 Å². The van der Waals surface area contributed by atoms with E-state index in [1.165, 1.54) is 11.3 Å². The number of carbonyl (C=O) groups is 1. The number of nitrogens with one attached hydrogen (secondary N) is 1. The molecular weight excluding hydrogens is 380 g/mol. The largest absolute Gasteiger partial charge is 0.348 e. The lowest BCUT2D eigenvalue weighted by molar-refractivity contribution is 0.0934. The summed E-state index contributed by atoms with van der Waals surface area (Å²) in [5, 5.41) is 5.55. The van der Waals surface area contributed by atoms with Crippen molar-refractivity contribution in [3.05, 3.63) is 76.6 Å². The number of carbonyl (C=O) groups excluding carboxylic acids is 1.